The van der Waals surface area contributed by atoms with Crippen molar-refractivity contribution < 1.29 is 14.5 Å². The van der Waals surface area contributed by atoms with Crippen LogP contribution in [0.25, 0.3) is 0 Å². The molecule has 1 aromatic rings. The highest BCUT2D eigenvalue weighted by atomic mass is 35.5. The highest BCUT2D eigenvalue weighted by Gasteiger charge is 2.19. The third kappa shape index (κ3) is 2.80. The molecule has 0 amide bonds. The molecule has 0 bridgehead atoms. The first-order chi connectivity index (χ1) is 7.56. The van der Waals surface area contributed by atoms with Gasteiger partial charge in [-0.25, -0.2) is 0 Å². The summed E-state index contributed by atoms with van der Waals surface area (Å²) in [6.07, 6.45) is 1.51. The van der Waals surface area contributed by atoms with Crippen molar-refractivity contribution in [2.75, 3.05) is 6.61 Å². The van der Waals surface area contributed by atoms with Crippen LogP contribution in [0.4, 0.5) is 5.69 Å². The molecule has 0 aliphatic carbocycles. The number of benzene rings is 1. The van der Waals surface area contributed by atoms with Crippen LogP contribution in [-0.2, 0) is 0 Å². The Morgan fingerprint density at radius 3 is 2.81 bits per heavy atom. The van der Waals surface area contributed by atoms with Gasteiger partial charge in [0.25, 0.3) is 10.9 Å². The van der Waals surface area contributed by atoms with Gasteiger partial charge in [-0.15, -0.1) is 0 Å². The molecule has 0 N–H and O–H groups in total. The van der Waals surface area contributed by atoms with Crippen LogP contribution >= 0.6 is 11.6 Å². The maximum atomic E-state index is 10.9. The van der Waals surface area contributed by atoms with E-state index in [0.717, 1.165) is 6.07 Å². The van der Waals surface area contributed by atoms with Gasteiger partial charge in [0, 0.05) is 0 Å². The number of halogens is 1. The Labute approximate surface area is 96.4 Å². The lowest BCUT2D eigenvalue weighted by Crippen LogP contribution is -2.00. The predicted octanol–water partition coefficient (Wildman–Crippen LogP) is 2.54. The summed E-state index contributed by atoms with van der Waals surface area (Å²) in [6.45, 7) is 3.67. The van der Waals surface area contributed by atoms with Gasteiger partial charge in [-0.1, -0.05) is 12.7 Å². The molecule has 1 rings (SSSR count). The highest BCUT2D eigenvalue weighted by molar-refractivity contribution is 6.68. The molecule has 5 nitrogen and oxygen atoms in total. The van der Waals surface area contributed by atoms with Crippen LogP contribution in [-0.4, -0.2) is 16.8 Å². The van der Waals surface area contributed by atoms with Crippen LogP contribution in [0.3, 0.4) is 0 Å². The van der Waals surface area contributed by atoms with Gasteiger partial charge < -0.3 is 4.74 Å². The van der Waals surface area contributed by atoms with Crippen LogP contribution < -0.4 is 4.74 Å². The Morgan fingerprint density at radius 2 is 2.31 bits per heavy atom. The summed E-state index contributed by atoms with van der Waals surface area (Å²) in [5, 5.41) is 9.80. The maximum Gasteiger partial charge on any atom is 0.285 e. The third-order valence-corrected chi connectivity index (χ3v) is 1.95. The fourth-order valence-corrected chi connectivity index (χ4v) is 1.23. The zero-order valence-electron chi connectivity index (χ0n) is 8.18. The van der Waals surface area contributed by atoms with Gasteiger partial charge in [-0.3, -0.25) is 14.9 Å². The van der Waals surface area contributed by atoms with E-state index in [2.05, 4.69) is 6.58 Å². The molecule has 0 heterocycles. The van der Waals surface area contributed by atoms with E-state index in [1.165, 1.54) is 18.2 Å². The summed E-state index contributed by atoms with van der Waals surface area (Å²) in [4.78, 5) is 20.9. The number of rotatable bonds is 5. The second-order valence-electron chi connectivity index (χ2n) is 2.81. The molecule has 0 unspecified atom stereocenters. The standard InChI is InChI=1S/C10H8ClNO4/c1-2-5-16-7-3-4-8(10(11)13)9(6-7)12(14)15/h2-4,6H,1,5H2. The molecule has 0 fully saturated rings. The Hall–Kier alpha value is -1.88. The van der Waals surface area contributed by atoms with Crippen molar-refractivity contribution in [2.24, 2.45) is 0 Å². The summed E-state index contributed by atoms with van der Waals surface area (Å²) in [5.74, 6) is 0.285. The van der Waals surface area contributed by atoms with Crippen molar-refractivity contribution in [1.29, 1.82) is 0 Å². The molecule has 0 aliphatic rings. The number of nitro groups is 1. The summed E-state index contributed by atoms with van der Waals surface area (Å²) in [5.41, 5.74) is -0.529. The van der Waals surface area contributed by atoms with E-state index in [1.807, 2.05) is 0 Å². The molecule has 0 saturated heterocycles. The number of nitro benzene ring substituents is 1. The van der Waals surface area contributed by atoms with Crippen LogP contribution in [0.5, 0.6) is 5.75 Å². The van der Waals surface area contributed by atoms with E-state index in [4.69, 9.17) is 16.3 Å². The first-order valence-corrected chi connectivity index (χ1v) is 4.66. The topological polar surface area (TPSA) is 69.4 Å². The number of ether oxygens (including phenoxy) is 1. The van der Waals surface area contributed by atoms with Crippen molar-refractivity contribution in [3.8, 4) is 5.75 Å². The number of carbonyl (C=O) groups is 1. The number of hydrogen-bond acceptors (Lipinski definition) is 4. The first kappa shape index (κ1) is 12.2. The van der Waals surface area contributed by atoms with Crippen LogP contribution in [0.15, 0.2) is 30.9 Å². The van der Waals surface area contributed by atoms with Crippen molar-refractivity contribution >= 4 is 22.5 Å². The Kier molecular flexibility index (Phi) is 4.02. The average molecular weight is 242 g/mol. The molecule has 1 aromatic carbocycles. The van der Waals surface area contributed by atoms with Gasteiger partial charge in [0.05, 0.1) is 11.0 Å². The Balaban J connectivity index is 3.12. The SMILES string of the molecule is C=CCOc1ccc(C(=O)Cl)c([N+](=O)[O-])c1. The number of carbonyl (C=O) groups excluding carboxylic acids is 1. The quantitative estimate of drug-likeness (QED) is 0.344. The molecule has 16 heavy (non-hydrogen) atoms. The molecular formula is C10H8ClNO4. The largest absolute Gasteiger partial charge is 0.489 e. The molecule has 0 radical (unpaired) electrons. The summed E-state index contributed by atoms with van der Waals surface area (Å²) in [7, 11) is 0. The lowest BCUT2D eigenvalue weighted by Gasteiger charge is -2.04. The lowest BCUT2D eigenvalue weighted by molar-refractivity contribution is -0.385. The molecule has 0 aromatic heterocycles. The summed E-state index contributed by atoms with van der Waals surface area (Å²) in [6, 6.07) is 3.84. The first-order valence-electron chi connectivity index (χ1n) is 4.28. The summed E-state index contributed by atoms with van der Waals surface area (Å²) < 4.78 is 5.10. The van der Waals surface area contributed by atoms with Gasteiger partial charge in [0.2, 0.25) is 0 Å². The predicted molar refractivity (Wildman–Crippen MR) is 59.0 cm³/mol. The normalized spacial score (nSPS) is 9.56. The second-order valence-corrected chi connectivity index (χ2v) is 3.15. The fourth-order valence-electron chi connectivity index (χ4n) is 1.07. The highest BCUT2D eigenvalue weighted by Crippen LogP contribution is 2.25. The van der Waals surface area contributed by atoms with E-state index in [0.29, 0.717) is 0 Å². The van der Waals surface area contributed by atoms with Crippen molar-refractivity contribution in [3.05, 3.63) is 46.5 Å². The van der Waals surface area contributed by atoms with E-state index < -0.39 is 10.2 Å². The zero-order valence-corrected chi connectivity index (χ0v) is 8.94. The van der Waals surface area contributed by atoms with Gasteiger partial charge in [0.1, 0.15) is 17.9 Å². The van der Waals surface area contributed by atoms with Crippen LogP contribution in [0.1, 0.15) is 10.4 Å². The van der Waals surface area contributed by atoms with Crippen molar-refractivity contribution in [1.82, 2.24) is 0 Å². The van der Waals surface area contributed by atoms with Gasteiger partial charge in [-0.2, -0.15) is 0 Å². The minimum absolute atomic E-state index is 0.155. The molecular weight excluding hydrogens is 234 g/mol. The average Bonchev–Trinajstić information content (AvgIpc) is 2.25. The van der Waals surface area contributed by atoms with E-state index in [9.17, 15) is 14.9 Å². The van der Waals surface area contributed by atoms with E-state index >= 15 is 0 Å². The Bertz CT molecular complexity index is 444. The monoisotopic (exact) mass is 241 g/mol. The molecule has 84 valence electrons. The number of nitrogens with zero attached hydrogens (tertiary/aromatic N) is 1. The van der Waals surface area contributed by atoms with Crippen LogP contribution in [0.2, 0.25) is 0 Å². The van der Waals surface area contributed by atoms with Gasteiger partial charge in [0.15, 0.2) is 0 Å². The number of hydrogen-bond donors (Lipinski definition) is 0. The fraction of sp³-hybridized carbons (Fsp3) is 0.100. The lowest BCUT2D eigenvalue weighted by atomic mass is 10.2. The molecule has 0 aliphatic heterocycles. The smallest absolute Gasteiger partial charge is 0.285 e. The maximum absolute atomic E-state index is 10.9. The molecule has 0 spiro atoms. The molecule has 0 saturated carbocycles. The minimum atomic E-state index is -0.873. The summed E-state index contributed by atoms with van der Waals surface area (Å²) >= 11 is 5.21. The molecule has 6 heteroatoms. The Morgan fingerprint density at radius 1 is 1.62 bits per heavy atom. The van der Waals surface area contributed by atoms with E-state index in [1.54, 1.807) is 0 Å². The third-order valence-electron chi connectivity index (χ3n) is 1.75. The van der Waals surface area contributed by atoms with Gasteiger partial charge in [-0.05, 0) is 23.7 Å². The van der Waals surface area contributed by atoms with Gasteiger partial charge >= 0.3 is 0 Å². The minimum Gasteiger partial charge on any atom is -0.489 e. The zero-order chi connectivity index (χ0) is 12.1. The molecule has 0 atom stereocenters. The van der Waals surface area contributed by atoms with E-state index in [-0.39, 0.29) is 23.6 Å². The van der Waals surface area contributed by atoms with Crippen LogP contribution in [0, 0.1) is 10.1 Å². The van der Waals surface area contributed by atoms with Crippen molar-refractivity contribution in [3.63, 3.8) is 0 Å². The van der Waals surface area contributed by atoms with Crippen molar-refractivity contribution in [2.45, 2.75) is 0 Å². The second kappa shape index (κ2) is 5.27.